The van der Waals surface area contributed by atoms with E-state index in [9.17, 15) is 5.11 Å². The van der Waals surface area contributed by atoms with Crippen molar-refractivity contribution in [2.24, 2.45) is 0 Å². The fourth-order valence-electron chi connectivity index (χ4n) is 3.28. The molecule has 0 spiro atoms. The van der Waals surface area contributed by atoms with Gasteiger partial charge in [-0.1, -0.05) is 23.8 Å². The van der Waals surface area contributed by atoms with Crippen molar-refractivity contribution in [2.75, 3.05) is 26.2 Å². The van der Waals surface area contributed by atoms with Gasteiger partial charge in [-0.2, -0.15) is 0 Å². The first kappa shape index (κ1) is 12.2. The first-order valence-electron chi connectivity index (χ1n) is 6.98. The van der Waals surface area contributed by atoms with Crippen molar-refractivity contribution >= 4 is 0 Å². The fourth-order valence-corrected chi connectivity index (χ4v) is 3.28. The summed E-state index contributed by atoms with van der Waals surface area (Å²) >= 11 is 0. The Kier molecular flexibility index (Phi) is 3.37. The molecule has 0 radical (unpaired) electrons. The standard InChI is InChI=1S/C15H22N2O/c1-11-2-3-12-4-5-14(15(18)13(12)10-11)17-8-6-16-7-9-17/h2-3,10,14-16,18H,4-9H2,1H3. The van der Waals surface area contributed by atoms with Gasteiger partial charge in [-0.05, 0) is 30.9 Å². The summed E-state index contributed by atoms with van der Waals surface area (Å²) in [6.07, 6.45) is 1.87. The minimum Gasteiger partial charge on any atom is -0.387 e. The first-order chi connectivity index (χ1) is 8.75. The molecule has 0 amide bonds. The molecule has 2 aliphatic rings. The summed E-state index contributed by atoms with van der Waals surface area (Å²) < 4.78 is 0. The molecule has 3 heteroatoms. The molecule has 2 unspecified atom stereocenters. The summed E-state index contributed by atoms with van der Waals surface area (Å²) in [5.41, 5.74) is 3.73. The van der Waals surface area contributed by atoms with Crippen molar-refractivity contribution in [1.29, 1.82) is 0 Å². The Bertz CT molecular complexity index is 427. The highest BCUT2D eigenvalue weighted by molar-refractivity contribution is 5.36. The number of hydrogen-bond acceptors (Lipinski definition) is 3. The van der Waals surface area contributed by atoms with Crippen LogP contribution in [0.4, 0.5) is 0 Å². The Morgan fingerprint density at radius 3 is 2.83 bits per heavy atom. The third-order valence-electron chi connectivity index (χ3n) is 4.31. The van der Waals surface area contributed by atoms with E-state index in [4.69, 9.17) is 0 Å². The number of rotatable bonds is 1. The first-order valence-corrected chi connectivity index (χ1v) is 6.98. The van der Waals surface area contributed by atoms with Crippen LogP contribution in [0.2, 0.25) is 0 Å². The van der Waals surface area contributed by atoms with E-state index in [1.54, 1.807) is 0 Å². The van der Waals surface area contributed by atoms with Gasteiger partial charge in [-0.25, -0.2) is 0 Å². The number of nitrogens with one attached hydrogen (secondary N) is 1. The minimum absolute atomic E-state index is 0.307. The zero-order valence-electron chi connectivity index (χ0n) is 11.0. The monoisotopic (exact) mass is 246 g/mol. The molecule has 18 heavy (non-hydrogen) atoms. The highest BCUT2D eigenvalue weighted by atomic mass is 16.3. The van der Waals surface area contributed by atoms with Crippen LogP contribution in [0.15, 0.2) is 18.2 Å². The Morgan fingerprint density at radius 1 is 1.28 bits per heavy atom. The molecule has 2 N–H and O–H groups in total. The molecule has 1 heterocycles. The van der Waals surface area contributed by atoms with E-state index in [0.29, 0.717) is 6.04 Å². The predicted octanol–water partition coefficient (Wildman–Crippen LogP) is 1.25. The third kappa shape index (κ3) is 2.18. The maximum atomic E-state index is 10.6. The van der Waals surface area contributed by atoms with Crippen molar-refractivity contribution in [3.8, 4) is 0 Å². The SMILES string of the molecule is Cc1ccc2c(c1)C(O)C(N1CCNCC1)CC2. The van der Waals surface area contributed by atoms with Gasteiger partial charge >= 0.3 is 0 Å². The van der Waals surface area contributed by atoms with E-state index in [-0.39, 0.29) is 6.10 Å². The number of aliphatic hydroxyl groups excluding tert-OH is 1. The molecule has 98 valence electrons. The van der Waals surface area contributed by atoms with Crippen LogP contribution in [-0.4, -0.2) is 42.2 Å². The summed E-state index contributed by atoms with van der Waals surface area (Å²) in [4.78, 5) is 2.45. The predicted molar refractivity (Wildman–Crippen MR) is 72.7 cm³/mol. The van der Waals surface area contributed by atoms with Gasteiger partial charge in [0.25, 0.3) is 0 Å². The van der Waals surface area contributed by atoms with Crippen molar-refractivity contribution in [1.82, 2.24) is 10.2 Å². The Labute approximate surface area is 109 Å². The van der Waals surface area contributed by atoms with Gasteiger partial charge in [0.15, 0.2) is 0 Å². The van der Waals surface area contributed by atoms with Gasteiger partial charge in [-0.15, -0.1) is 0 Å². The lowest BCUT2D eigenvalue weighted by Crippen LogP contribution is -2.51. The maximum absolute atomic E-state index is 10.6. The zero-order chi connectivity index (χ0) is 12.5. The summed E-state index contributed by atoms with van der Waals surface area (Å²) in [5, 5.41) is 14.0. The lowest BCUT2D eigenvalue weighted by molar-refractivity contribution is 0.0297. The highest BCUT2D eigenvalue weighted by Crippen LogP contribution is 2.33. The molecule has 2 atom stereocenters. The van der Waals surface area contributed by atoms with Crippen LogP contribution in [-0.2, 0) is 6.42 Å². The Hall–Kier alpha value is -0.900. The quantitative estimate of drug-likeness (QED) is 0.783. The number of aryl methyl sites for hydroxylation is 2. The average molecular weight is 246 g/mol. The molecule has 1 aromatic carbocycles. The summed E-state index contributed by atoms with van der Waals surface area (Å²) in [7, 11) is 0. The lowest BCUT2D eigenvalue weighted by atomic mass is 9.84. The van der Waals surface area contributed by atoms with E-state index in [1.165, 1.54) is 11.1 Å². The molecule has 1 aliphatic heterocycles. The van der Waals surface area contributed by atoms with E-state index < -0.39 is 0 Å². The van der Waals surface area contributed by atoms with Gasteiger partial charge in [-0.3, -0.25) is 4.90 Å². The van der Waals surface area contributed by atoms with Gasteiger partial charge in [0.2, 0.25) is 0 Å². The van der Waals surface area contributed by atoms with E-state index in [1.807, 2.05) is 0 Å². The molecular formula is C15H22N2O. The molecule has 1 aliphatic carbocycles. The summed E-state index contributed by atoms with van der Waals surface area (Å²) in [6.45, 7) is 6.31. The normalized spacial score (nSPS) is 29.0. The fraction of sp³-hybridized carbons (Fsp3) is 0.600. The second-order valence-corrected chi connectivity index (χ2v) is 5.54. The second kappa shape index (κ2) is 5.00. The van der Waals surface area contributed by atoms with Crippen molar-refractivity contribution in [3.63, 3.8) is 0 Å². The van der Waals surface area contributed by atoms with Crippen LogP contribution < -0.4 is 5.32 Å². The second-order valence-electron chi connectivity index (χ2n) is 5.54. The van der Waals surface area contributed by atoms with Gasteiger partial charge < -0.3 is 10.4 Å². The lowest BCUT2D eigenvalue weighted by Gasteiger charge is -2.40. The molecule has 0 aromatic heterocycles. The van der Waals surface area contributed by atoms with Crippen LogP contribution in [0.1, 0.15) is 29.2 Å². The molecule has 3 nitrogen and oxygen atoms in total. The number of piperazine rings is 1. The van der Waals surface area contributed by atoms with E-state index >= 15 is 0 Å². The van der Waals surface area contributed by atoms with Crippen molar-refractivity contribution in [3.05, 3.63) is 34.9 Å². The van der Waals surface area contributed by atoms with Crippen LogP contribution in [0, 0.1) is 6.92 Å². The molecule has 1 fully saturated rings. The number of aliphatic hydroxyl groups is 1. The maximum Gasteiger partial charge on any atom is 0.0948 e. The molecule has 1 aromatic rings. The van der Waals surface area contributed by atoms with Crippen LogP contribution >= 0.6 is 0 Å². The van der Waals surface area contributed by atoms with Crippen molar-refractivity contribution < 1.29 is 5.11 Å². The molecule has 1 saturated heterocycles. The number of fused-ring (bicyclic) bond motifs is 1. The third-order valence-corrected chi connectivity index (χ3v) is 4.31. The van der Waals surface area contributed by atoms with Gasteiger partial charge in [0.1, 0.15) is 0 Å². The minimum atomic E-state index is -0.313. The number of hydrogen-bond donors (Lipinski definition) is 2. The average Bonchev–Trinajstić information content (AvgIpc) is 2.41. The van der Waals surface area contributed by atoms with E-state index in [0.717, 1.165) is 44.6 Å². The number of nitrogens with zero attached hydrogens (tertiary/aromatic N) is 1. The Morgan fingerprint density at radius 2 is 2.06 bits per heavy atom. The summed E-state index contributed by atoms with van der Waals surface area (Å²) in [5.74, 6) is 0. The summed E-state index contributed by atoms with van der Waals surface area (Å²) in [6, 6.07) is 6.80. The van der Waals surface area contributed by atoms with Crippen LogP contribution in [0.25, 0.3) is 0 Å². The van der Waals surface area contributed by atoms with Crippen LogP contribution in [0.3, 0.4) is 0 Å². The molecule has 0 saturated carbocycles. The smallest absolute Gasteiger partial charge is 0.0948 e. The van der Waals surface area contributed by atoms with E-state index in [2.05, 4.69) is 35.3 Å². The topological polar surface area (TPSA) is 35.5 Å². The van der Waals surface area contributed by atoms with Crippen molar-refractivity contribution in [2.45, 2.75) is 31.9 Å². The molecular weight excluding hydrogens is 224 g/mol. The number of benzene rings is 1. The Balaban J connectivity index is 1.83. The zero-order valence-corrected chi connectivity index (χ0v) is 11.0. The van der Waals surface area contributed by atoms with Gasteiger partial charge in [0.05, 0.1) is 6.10 Å². The van der Waals surface area contributed by atoms with Crippen LogP contribution in [0.5, 0.6) is 0 Å². The highest BCUT2D eigenvalue weighted by Gasteiger charge is 2.32. The molecule has 3 rings (SSSR count). The molecule has 0 bridgehead atoms. The van der Waals surface area contributed by atoms with Gasteiger partial charge in [0, 0.05) is 32.2 Å². The largest absolute Gasteiger partial charge is 0.387 e.